The molecule has 0 bridgehead atoms. The summed E-state index contributed by atoms with van der Waals surface area (Å²) in [5.74, 6) is 0.963. The fourth-order valence-corrected chi connectivity index (χ4v) is 4.31. The van der Waals surface area contributed by atoms with Crippen LogP contribution in [0.1, 0.15) is 47.1 Å². The molecule has 0 saturated carbocycles. The van der Waals surface area contributed by atoms with Crippen LogP contribution in [0.25, 0.3) is 10.8 Å². The van der Waals surface area contributed by atoms with Crippen LogP contribution >= 0.6 is 0 Å². The lowest BCUT2D eigenvalue weighted by molar-refractivity contribution is -0.0305. The molecule has 1 aliphatic rings. The molecular formula is C24H25NO4. The lowest BCUT2D eigenvalue weighted by Crippen LogP contribution is -2.44. The highest BCUT2D eigenvalue weighted by Gasteiger charge is 2.45. The van der Waals surface area contributed by atoms with Gasteiger partial charge in [-0.15, -0.1) is 0 Å². The number of aryl methyl sites for hydroxylation is 1. The Labute approximate surface area is 170 Å². The second kappa shape index (κ2) is 6.78. The van der Waals surface area contributed by atoms with E-state index >= 15 is 0 Å². The molecule has 1 N–H and O–H groups in total. The largest absolute Gasteiger partial charge is 0.493 e. The van der Waals surface area contributed by atoms with E-state index in [0.29, 0.717) is 22.6 Å². The zero-order valence-electron chi connectivity index (χ0n) is 17.3. The minimum absolute atomic E-state index is 0.196. The Hall–Kier alpha value is -3.05. The molecule has 3 aromatic rings. The summed E-state index contributed by atoms with van der Waals surface area (Å²) in [6.45, 7) is 5.87. The summed E-state index contributed by atoms with van der Waals surface area (Å²) in [6.07, 6.45) is -1.02. The van der Waals surface area contributed by atoms with Crippen LogP contribution in [0.4, 0.5) is 0 Å². The van der Waals surface area contributed by atoms with Crippen LogP contribution in [0, 0.1) is 6.92 Å². The summed E-state index contributed by atoms with van der Waals surface area (Å²) in [5, 5.41) is 12.8. The van der Waals surface area contributed by atoms with E-state index in [1.54, 1.807) is 19.1 Å². The van der Waals surface area contributed by atoms with E-state index in [0.717, 1.165) is 21.9 Å². The molecule has 1 unspecified atom stereocenters. The third-order valence-electron chi connectivity index (χ3n) is 5.92. The molecule has 1 amide bonds. The summed E-state index contributed by atoms with van der Waals surface area (Å²) in [7, 11) is 3.16. The van der Waals surface area contributed by atoms with E-state index in [9.17, 15) is 9.90 Å². The van der Waals surface area contributed by atoms with Crippen molar-refractivity contribution in [3.8, 4) is 11.5 Å². The zero-order chi connectivity index (χ0) is 20.9. The minimum Gasteiger partial charge on any atom is -0.493 e. The Morgan fingerprint density at radius 3 is 2.14 bits per heavy atom. The second-order valence-electron chi connectivity index (χ2n) is 7.88. The van der Waals surface area contributed by atoms with E-state index in [1.165, 1.54) is 0 Å². The zero-order valence-corrected chi connectivity index (χ0v) is 17.3. The maximum Gasteiger partial charge on any atom is 0.257 e. The molecule has 1 atom stereocenters. The first-order valence-corrected chi connectivity index (χ1v) is 9.57. The second-order valence-corrected chi connectivity index (χ2v) is 7.88. The van der Waals surface area contributed by atoms with Gasteiger partial charge in [-0.1, -0.05) is 36.4 Å². The predicted molar refractivity (Wildman–Crippen MR) is 112 cm³/mol. The van der Waals surface area contributed by atoms with Gasteiger partial charge in [0.15, 0.2) is 17.7 Å². The number of carbonyl (C=O) groups excluding carboxylic acids is 1. The highest BCUT2D eigenvalue weighted by atomic mass is 16.5. The number of aliphatic hydroxyl groups excluding tert-OH is 1. The Morgan fingerprint density at radius 2 is 1.55 bits per heavy atom. The molecule has 5 nitrogen and oxygen atoms in total. The lowest BCUT2D eigenvalue weighted by atomic mass is 9.92. The summed E-state index contributed by atoms with van der Waals surface area (Å²) in [4.78, 5) is 15.2. The van der Waals surface area contributed by atoms with Gasteiger partial charge in [-0.25, -0.2) is 0 Å². The topological polar surface area (TPSA) is 59.0 Å². The molecule has 3 aromatic carbocycles. The van der Waals surface area contributed by atoms with Crippen molar-refractivity contribution in [1.82, 2.24) is 4.90 Å². The molecule has 1 aliphatic heterocycles. The number of nitrogens with zero attached hydrogens (tertiary/aromatic N) is 1. The Kier molecular flexibility index (Phi) is 4.50. The van der Waals surface area contributed by atoms with Gasteiger partial charge in [-0.2, -0.15) is 0 Å². The van der Waals surface area contributed by atoms with Crippen LogP contribution in [0.3, 0.4) is 0 Å². The highest BCUT2D eigenvalue weighted by Crippen LogP contribution is 2.46. The lowest BCUT2D eigenvalue weighted by Gasteiger charge is -2.38. The maximum absolute atomic E-state index is 13.6. The van der Waals surface area contributed by atoms with Gasteiger partial charge in [0.1, 0.15) is 0 Å². The van der Waals surface area contributed by atoms with Crippen molar-refractivity contribution >= 4 is 16.7 Å². The molecule has 0 saturated heterocycles. The van der Waals surface area contributed by atoms with Crippen LogP contribution in [-0.2, 0) is 5.54 Å². The SMILES string of the molecule is COc1cc2c(C)cc3c(c2cc1OC)C(=O)N(C(C)(C)c1ccccc1)C3O. The first kappa shape index (κ1) is 19.3. The van der Waals surface area contributed by atoms with Gasteiger partial charge in [0.2, 0.25) is 0 Å². The molecule has 0 spiro atoms. The number of benzene rings is 3. The first-order chi connectivity index (χ1) is 13.8. The number of amides is 1. The van der Waals surface area contributed by atoms with Crippen molar-refractivity contribution in [2.45, 2.75) is 32.5 Å². The molecule has 4 rings (SSSR count). The van der Waals surface area contributed by atoms with Gasteiger partial charge in [0.05, 0.1) is 25.3 Å². The van der Waals surface area contributed by atoms with Crippen molar-refractivity contribution < 1.29 is 19.4 Å². The fourth-order valence-electron chi connectivity index (χ4n) is 4.31. The van der Waals surface area contributed by atoms with Crippen molar-refractivity contribution in [2.24, 2.45) is 0 Å². The van der Waals surface area contributed by atoms with Crippen LogP contribution < -0.4 is 9.47 Å². The summed E-state index contributed by atoms with van der Waals surface area (Å²) in [5.41, 5.74) is 2.37. The molecular weight excluding hydrogens is 366 g/mol. The van der Waals surface area contributed by atoms with Crippen LogP contribution in [0.5, 0.6) is 11.5 Å². The van der Waals surface area contributed by atoms with Crippen LogP contribution in [0.2, 0.25) is 0 Å². The number of carbonyl (C=O) groups is 1. The van der Waals surface area contributed by atoms with E-state index < -0.39 is 11.8 Å². The molecule has 0 aromatic heterocycles. The molecule has 150 valence electrons. The van der Waals surface area contributed by atoms with Gasteiger partial charge >= 0.3 is 0 Å². The summed E-state index contributed by atoms with van der Waals surface area (Å²) in [6, 6.07) is 15.4. The minimum atomic E-state index is -1.02. The van der Waals surface area contributed by atoms with E-state index in [-0.39, 0.29) is 5.91 Å². The van der Waals surface area contributed by atoms with E-state index in [2.05, 4.69) is 0 Å². The van der Waals surface area contributed by atoms with Crippen molar-refractivity contribution in [1.29, 1.82) is 0 Å². The number of fused-ring (bicyclic) bond motifs is 3. The molecule has 29 heavy (non-hydrogen) atoms. The van der Waals surface area contributed by atoms with E-state index in [4.69, 9.17) is 9.47 Å². The monoisotopic (exact) mass is 391 g/mol. The standard InChI is InChI=1S/C24H25NO4/c1-14-11-18-21(17-13-20(29-5)19(28-4)12-16(14)17)23(27)25(22(18)26)24(2,3)15-9-7-6-8-10-15/h6-13,22,26H,1-5H3. The van der Waals surface area contributed by atoms with Crippen LogP contribution in [0.15, 0.2) is 48.5 Å². The van der Waals surface area contributed by atoms with Crippen molar-refractivity contribution in [3.63, 3.8) is 0 Å². The molecule has 5 heteroatoms. The van der Waals surface area contributed by atoms with Crippen molar-refractivity contribution in [3.05, 3.63) is 70.8 Å². The Bertz CT molecular complexity index is 1110. The summed E-state index contributed by atoms with van der Waals surface area (Å²) >= 11 is 0. The number of hydrogen-bond acceptors (Lipinski definition) is 4. The number of rotatable bonds is 4. The Balaban J connectivity index is 1.94. The first-order valence-electron chi connectivity index (χ1n) is 9.57. The molecule has 0 aliphatic carbocycles. The third kappa shape index (κ3) is 2.76. The number of ether oxygens (including phenoxy) is 2. The molecule has 1 heterocycles. The third-order valence-corrected chi connectivity index (χ3v) is 5.92. The molecule has 0 fully saturated rings. The predicted octanol–water partition coefficient (Wildman–Crippen LogP) is 4.55. The molecule has 0 radical (unpaired) electrons. The maximum atomic E-state index is 13.6. The van der Waals surface area contributed by atoms with E-state index in [1.807, 2.05) is 69.3 Å². The van der Waals surface area contributed by atoms with Crippen LogP contribution in [-0.4, -0.2) is 30.1 Å². The van der Waals surface area contributed by atoms with Gasteiger partial charge in [-0.3, -0.25) is 9.69 Å². The smallest absolute Gasteiger partial charge is 0.257 e. The fraction of sp³-hybridized carbons (Fsp3) is 0.292. The normalized spacial score (nSPS) is 16.3. The van der Waals surface area contributed by atoms with Gasteiger partial charge in [-0.05, 0) is 54.8 Å². The highest BCUT2D eigenvalue weighted by molar-refractivity contribution is 6.12. The Morgan fingerprint density at radius 1 is 0.966 bits per heavy atom. The number of methoxy groups -OCH3 is 2. The van der Waals surface area contributed by atoms with Gasteiger partial charge in [0, 0.05) is 5.56 Å². The number of aliphatic hydroxyl groups is 1. The quantitative estimate of drug-likeness (QED) is 0.709. The average molecular weight is 391 g/mol. The number of hydrogen-bond donors (Lipinski definition) is 1. The van der Waals surface area contributed by atoms with Crippen molar-refractivity contribution in [2.75, 3.05) is 14.2 Å². The average Bonchev–Trinajstić information content (AvgIpc) is 2.98. The van der Waals surface area contributed by atoms with Gasteiger partial charge in [0.25, 0.3) is 5.91 Å². The summed E-state index contributed by atoms with van der Waals surface area (Å²) < 4.78 is 10.9. The van der Waals surface area contributed by atoms with Gasteiger partial charge < -0.3 is 14.6 Å².